The van der Waals surface area contributed by atoms with Crippen molar-refractivity contribution in [1.29, 1.82) is 0 Å². The molecule has 3 aromatic rings. The van der Waals surface area contributed by atoms with Gasteiger partial charge in [-0.15, -0.1) is 11.3 Å². The molecule has 1 aromatic heterocycles. The van der Waals surface area contributed by atoms with E-state index in [1.54, 1.807) is 26.4 Å². The van der Waals surface area contributed by atoms with E-state index in [1.165, 1.54) is 11.3 Å². The molecule has 0 radical (unpaired) electrons. The molecule has 7 nitrogen and oxygen atoms in total. The summed E-state index contributed by atoms with van der Waals surface area (Å²) in [6.07, 6.45) is 0.926. The molecule has 0 saturated carbocycles. The lowest BCUT2D eigenvalue weighted by atomic mass is 10.1. The maximum absolute atomic E-state index is 12.6. The fraction of sp³-hybridized carbons (Fsp3) is 0.273. The van der Waals surface area contributed by atoms with Crippen LogP contribution in [0.15, 0.2) is 35.7 Å². The summed E-state index contributed by atoms with van der Waals surface area (Å²) in [7, 11) is 3.17. The van der Waals surface area contributed by atoms with Crippen LogP contribution in [0.4, 0.5) is 5.13 Å². The number of thiazole rings is 1. The number of hydrogen-bond acceptors (Lipinski definition) is 7. The molecule has 1 aliphatic heterocycles. The zero-order chi connectivity index (χ0) is 21.8. The van der Waals surface area contributed by atoms with Crippen molar-refractivity contribution < 1.29 is 23.7 Å². The lowest BCUT2D eigenvalue weighted by Gasteiger charge is -2.11. The Bertz CT molecular complexity index is 1100. The molecule has 2 aromatic carbocycles. The number of carbonyl (C=O) groups is 1. The van der Waals surface area contributed by atoms with Crippen LogP contribution in [0.5, 0.6) is 23.0 Å². The number of hydrogen-bond donors (Lipinski definition) is 1. The molecule has 0 fully saturated rings. The topological polar surface area (TPSA) is 78.9 Å². The average Bonchev–Trinajstić information content (AvgIpc) is 3.09. The number of fused-ring (bicyclic) bond motifs is 1. The number of benzene rings is 2. The van der Waals surface area contributed by atoms with Gasteiger partial charge in [-0.1, -0.05) is 11.6 Å². The molecule has 1 aliphatic rings. The van der Waals surface area contributed by atoms with Gasteiger partial charge in [-0.3, -0.25) is 4.79 Å². The van der Waals surface area contributed by atoms with E-state index in [0.29, 0.717) is 46.4 Å². The third kappa shape index (κ3) is 4.86. The van der Waals surface area contributed by atoms with Crippen molar-refractivity contribution in [2.24, 2.45) is 0 Å². The number of amides is 1. The third-order valence-electron chi connectivity index (χ3n) is 4.66. The van der Waals surface area contributed by atoms with Crippen LogP contribution >= 0.6 is 22.9 Å². The van der Waals surface area contributed by atoms with Crippen molar-refractivity contribution in [3.8, 4) is 34.3 Å². The summed E-state index contributed by atoms with van der Waals surface area (Å²) < 4.78 is 21.9. The summed E-state index contributed by atoms with van der Waals surface area (Å²) in [5.41, 5.74) is 2.34. The van der Waals surface area contributed by atoms with Crippen molar-refractivity contribution in [3.63, 3.8) is 0 Å². The van der Waals surface area contributed by atoms with Crippen molar-refractivity contribution in [2.75, 3.05) is 32.8 Å². The number of anilines is 1. The number of ether oxygens (including phenoxy) is 4. The number of halogens is 1. The molecule has 0 saturated heterocycles. The minimum Gasteiger partial charge on any atom is -0.493 e. The van der Waals surface area contributed by atoms with Gasteiger partial charge >= 0.3 is 0 Å². The van der Waals surface area contributed by atoms with Gasteiger partial charge in [0.05, 0.1) is 44.6 Å². The molecule has 1 amide bonds. The molecule has 0 aliphatic carbocycles. The summed E-state index contributed by atoms with van der Waals surface area (Å²) in [6.45, 7) is 1.11. The van der Waals surface area contributed by atoms with Crippen LogP contribution in [0, 0.1) is 0 Å². The van der Waals surface area contributed by atoms with Crippen LogP contribution in [-0.2, 0) is 11.2 Å². The number of rotatable bonds is 6. The Labute approximate surface area is 188 Å². The second-order valence-corrected chi connectivity index (χ2v) is 8.05. The maximum atomic E-state index is 12.6. The highest BCUT2D eigenvalue weighted by Crippen LogP contribution is 2.38. The predicted octanol–water partition coefficient (Wildman–Crippen LogP) is 4.82. The number of nitrogens with one attached hydrogen (secondary N) is 1. The second-order valence-electron chi connectivity index (χ2n) is 6.79. The van der Waals surface area contributed by atoms with Crippen molar-refractivity contribution in [2.45, 2.75) is 12.8 Å². The molecule has 9 heteroatoms. The minimum absolute atomic E-state index is 0.141. The quantitative estimate of drug-likeness (QED) is 0.568. The largest absolute Gasteiger partial charge is 0.493 e. The molecular formula is C22H21ClN2O5S. The van der Waals surface area contributed by atoms with Crippen molar-refractivity contribution in [3.05, 3.63) is 46.3 Å². The van der Waals surface area contributed by atoms with Crippen LogP contribution in [0.3, 0.4) is 0 Å². The van der Waals surface area contributed by atoms with Crippen LogP contribution < -0.4 is 24.3 Å². The molecule has 0 bridgehead atoms. The summed E-state index contributed by atoms with van der Waals surface area (Å²) >= 11 is 7.66. The van der Waals surface area contributed by atoms with E-state index in [9.17, 15) is 4.79 Å². The van der Waals surface area contributed by atoms with E-state index in [4.69, 9.17) is 30.5 Å². The fourth-order valence-electron chi connectivity index (χ4n) is 3.19. The monoisotopic (exact) mass is 460 g/mol. The molecule has 0 unspecified atom stereocenters. The number of carbonyl (C=O) groups excluding carboxylic acids is 1. The zero-order valence-electron chi connectivity index (χ0n) is 17.1. The van der Waals surface area contributed by atoms with Gasteiger partial charge in [-0.2, -0.15) is 0 Å². The average molecular weight is 461 g/mol. The van der Waals surface area contributed by atoms with Crippen molar-refractivity contribution in [1.82, 2.24) is 4.98 Å². The smallest absolute Gasteiger partial charge is 0.230 e. The number of aromatic nitrogens is 1. The first-order chi connectivity index (χ1) is 15.1. The van der Waals surface area contributed by atoms with Gasteiger partial charge in [0.2, 0.25) is 5.91 Å². The predicted molar refractivity (Wildman–Crippen MR) is 120 cm³/mol. The Morgan fingerprint density at radius 3 is 2.77 bits per heavy atom. The first-order valence-corrected chi connectivity index (χ1v) is 10.9. The first kappa shape index (κ1) is 21.3. The second kappa shape index (κ2) is 9.45. The highest BCUT2D eigenvalue weighted by molar-refractivity contribution is 7.14. The van der Waals surface area contributed by atoms with Gasteiger partial charge < -0.3 is 24.3 Å². The Kier molecular flexibility index (Phi) is 6.48. The molecular weight excluding hydrogens is 440 g/mol. The van der Waals surface area contributed by atoms with Crippen LogP contribution in [0.1, 0.15) is 12.0 Å². The number of methoxy groups -OCH3 is 2. The summed E-state index contributed by atoms with van der Waals surface area (Å²) in [4.78, 5) is 17.1. The van der Waals surface area contributed by atoms with Gasteiger partial charge in [0, 0.05) is 17.4 Å². The standard InChI is InChI=1S/C22H21ClN2O5S/c1-27-17-5-4-14(11-18(17)28-2)16-12-31-22(24-16)25-20(26)10-13-8-15(23)21-19(9-13)29-6-3-7-30-21/h4-5,8-9,11-12H,3,6-7,10H2,1-2H3,(H,24,25,26). The van der Waals surface area contributed by atoms with Crippen molar-refractivity contribution >= 4 is 34.0 Å². The summed E-state index contributed by atoms with van der Waals surface area (Å²) in [5.74, 6) is 2.16. The van der Waals surface area contributed by atoms with E-state index in [1.807, 2.05) is 23.6 Å². The third-order valence-corrected chi connectivity index (χ3v) is 5.69. The highest BCUT2D eigenvalue weighted by Gasteiger charge is 2.17. The zero-order valence-corrected chi connectivity index (χ0v) is 18.6. The minimum atomic E-state index is -0.196. The lowest BCUT2D eigenvalue weighted by Crippen LogP contribution is -2.14. The molecule has 1 N–H and O–H groups in total. The Hall–Kier alpha value is -2.97. The van der Waals surface area contributed by atoms with Gasteiger partial charge in [0.15, 0.2) is 28.1 Å². The van der Waals surface area contributed by atoms with Crippen LogP contribution in [0.25, 0.3) is 11.3 Å². The van der Waals surface area contributed by atoms with Gasteiger partial charge in [0.1, 0.15) is 0 Å². The molecule has 2 heterocycles. The maximum Gasteiger partial charge on any atom is 0.230 e. The SMILES string of the molecule is COc1ccc(-c2csc(NC(=O)Cc3cc(Cl)c4c(c3)OCCCO4)n2)cc1OC. The van der Waals surface area contributed by atoms with E-state index in [-0.39, 0.29) is 12.3 Å². The Morgan fingerprint density at radius 1 is 1.16 bits per heavy atom. The Morgan fingerprint density at radius 2 is 1.97 bits per heavy atom. The summed E-state index contributed by atoms with van der Waals surface area (Å²) in [5, 5.41) is 5.66. The fourth-order valence-corrected chi connectivity index (χ4v) is 4.22. The van der Waals surface area contributed by atoms with Gasteiger partial charge in [-0.05, 0) is 35.9 Å². The van der Waals surface area contributed by atoms with Gasteiger partial charge in [0.25, 0.3) is 0 Å². The summed E-state index contributed by atoms with van der Waals surface area (Å²) in [6, 6.07) is 9.08. The molecule has 0 spiro atoms. The normalized spacial score (nSPS) is 12.7. The van der Waals surface area contributed by atoms with E-state index in [0.717, 1.165) is 23.2 Å². The van der Waals surface area contributed by atoms with E-state index in [2.05, 4.69) is 10.3 Å². The molecule has 31 heavy (non-hydrogen) atoms. The van der Waals surface area contributed by atoms with E-state index < -0.39 is 0 Å². The number of nitrogens with zero attached hydrogens (tertiary/aromatic N) is 1. The molecule has 0 atom stereocenters. The van der Waals surface area contributed by atoms with E-state index >= 15 is 0 Å². The first-order valence-electron chi connectivity index (χ1n) is 9.63. The van der Waals surface area contributed by atoms with Crippen LogP contribution in [-0.4, -0.2) is 38.3 Å². The Balaban J connectivity index is 1.45. The van der Waals surface area contributed by atoms with Gasteiger partial charge in [-0.25, -0.2) is 4.98 Å². The molecule has 4 rings (SSSR count). The highest BCUT2D eigenvalue weighted by atomic mass is 35.5. The lowest BCUT2D eigenvalue weighted by molar-refractivity contribution is -0.115. The molecule has 162 valence electrons. The van der Waals surface area contributed by atoms with Crippen LogP contribution in [0.2, 0.25) is 5.02 Å².